The number of hydrogen-bond acceptors (Lipinski definition) is 8. The van der Waals surface area contributed by atoms with Gasteiger partial charge in [-0.05, 0) is 92.5 Å². The van der Waals surface area contributed by atoms with Crippen LogP contribution < -0.4 is 21.3 Å². The lowest BCUT2D eigenvalue weighted by Crippen LogP contribution is -2.62. The Morgan fingerprint density at radius 1 is 0.667 bits per heavy atom. The molecule has 4 heterocycles. The summed E-state index contributed by atoms with van der Waals surface area (Å²) in [6, 6.07) is 16.6. The van der Waals surface area contributed by atoms with E-state index < -0.39 is 89.2 Å². The van der Waals surface area contributed by atoms with E-state index in [0.29, 0.717) is 12.8 Å². The van der Waals surface area contributed by atoms with Crippen LogP contribution in [-0.4, -0.2) is 129 Å². The van der Waals surface area contributed by atoms with E-state index in [1.54, 1.807) is 12.4 Å². The number of allylic oxidation sites excluding steroid dienone is 1. The summed E-state index contributed by atoms with van der Waals surface area (Å²) in [7, 11) is 3.05. The average Bonchev–Trinajstić information content (AvgIpc) is 3.77. The monoisotopic (exact) mass is 1020 g/mol. The quantitative estimate of drug-likeness (QED) is 0.112. The zero-order chi connectivity index (χ0) is 54.3. The number of nitrogens with one attached hydrogen (secondary N) is 4. The minimum Gasteiger partial charge on any atom is -0.343 e. The number of benzene rings is 3. The Bertz CT molecular complexity index is 2910. The number of pyridine rings is 1. The van der Waals surface area contributed by atoms with Crippen molar-refractivity contribution in [1.29, 1.82) is 0 Å². The summed E-state index contributed by atoms with van der Waals surface area (Å²) in [6.07, 6.45) is 8.54. The molecule has 5 aromatic rings. The molecule has 7 amide bonds. The molecule has 16 heteroatoms. The van der Waals surface area contributed by atoms with Crippen molar-refractivity contribution in [3.05, 3.63) is 127 Å². The second kappa shape index (κ2) is 23.9. The summed E-state index contributed by atoms with van der Waals surface area (Å²) in [4.78, 5) is 113. The van der Waals surface area contributed by atoms with Gasteiger partial charge in [-0.3, -0.25) is 38.5 Å². The number of para-hydroxylation sites is 1. The van der Waals surface area contributed by atoms with Gasteiger partial charge in [0.2, 0.25) is 41.4 Å². The highest BCUT2D eigenvalue weighted by atomic mass is 16.2. The molecule has 2 bridgehead atoms. The maximum Gasteiger partial charge on any atom is 0.246 e. The number of hydrogen-bond donors (Lipinski definition) is 4. The first kappa shape index (κ1) is 55.4. The standard InChI is InChI=1S/C59H75N9O7/c1-11-59(7,8)68-35-43(44-20-15-16-21-48(44)68)33-47-57(74)66(10)50(28-36(2)3)54(71)62-46(32-40-23-24-42-34-60-26-25-41(42)30-40)52(69)61-38(6)56(73)65(9)49-22-17-27-67(58(49)75)51(29-37(4)5)55(72)63-45(53(70)64-47)31-39-18-13-12-14-19-39/h11-16,18-21,23-26,30,34-38,45-47,49-51H,1,17,22,27-29,31-33H2,2-10H3,(H,61,69)(H,62,71)(H,63,72)(H,64,70)/t38-,45-,46-,47-,49-,50-,51-/m0/s1. The number of carbonyl (C=O) groups excluding carboxylic acids is 7. The lowest BCUT2D eigenvalue weighted by molar-refractivity contribution is -0.153. The Balaban J connectivity index is 1.36. The Hall–Kier alpha value is -7.36. The number of carbonyl (C=O) groups is 7. The molecule has 398 valence electrons. The first-order chi connectivity index (χ1) is 35.7. The summed E-state index contributed by atoms with van der Waals surface area (Å²) in [5, 5.41) is 14.5. The van der Waals surface area contributed by atoms with Gasteiger partial charge in [0.15, 0.2) is 0 Å². The van der Waals surface area contributed by atoms with E-state index in [1.165, 1.54) is 35.7 Å². The van der Waals surface area contributed by atoms with Gasteiger partial charge in [-0.15, -0.1) is 6.58 Å². The fourth-order valence-corrected chi connectivity index (χ4v) is 10.5. The molecule has 4 N–H and O–H groups in total. The van der Waals surface area contributed by atoms with E-state index in [4.69, 9.17) is 0 Å². The van der Waals surface area contributed by atoms with E-state index >= 15 is 14.4 Å². The van der Waals surface area contributed by atoms with Gasteiger partial charge in [0.05, 0.1) is 5.54 Å². The van der Waals surface area contributed by atoms with Crippen molar-refractivity contribution in [3.63, 3.8) is 0 Å². The van der Waals surface area contributed by atoms with E-state index in [9.17, 15) is 19.2 Å². The van der Waals surface area contributed by atoms with Crippen molar-refractivity contribution in [1.82, 2.24) is 45.5 Å². The molecule has 2 aliphatic heterocycles. The van der Waals surface area contributed by atoms with Crippen molar-refractivity contribution in [2.75, 3.05) is 20.6 Å². The number of amides is 7. The molecule has 0 radical (unpaired) electrons. The second-order valence-corrected chi connectivity index (χ2v) is 21.8. The first-order valence-electron chi connectivity index (χ1n) is 26.3. The highest BCUT2D eigenvalue weighted by Crippen LogP contribution is 2.30. The van der Waals surface area contributed by atoms with Crippen molar-refractivity contribution in [3.8, 4) is 0 Å². The predicted octanol–water partition coefficient (Wildman–Crippen LogP) is 5.85. The number of rotatable bonds is 12. The molecule has 75 heavy (non-hydrogen) atoms. The Morgan fingerprint density at radius 3 is 1.96 bits per heavy atom. The zero-order valence-electron chi connectivity index (χ0n) is 45.0. The summed E-state index contributed by atoms with van der Waals surface area (Å²) in [5.41, 5.74) is 2.56. The third kappa shape index (κ3) is 12.9. The molecule has 0 spiro atoms. The average molecular weight is 1020 g/mol. The molecule has 2 aromatic heterocycles. The molecule has 3 aromatic carbocycles. The number of nitrogens with zero attached hydrogens (tertiary/aromatic N) is 5. The largest absolute Gasteiger partial charge is 0.343 e. The van der Waals surface area contributed by atoms with Gasteiger partial charge in [0.1, 0.15) is 42.3 Å². The number of likely N-dealkylation sites (N-methyl/N-ethyl adjacent to an activating group) is 2. The van der Waals surface area contributed by atoms with Gasteiger partial charge < -0.3 is 40.5 Å². The van der Waals surface area contributed by atoms with Crippen LogP contribution in [0.4, 0.5) is 0 Å². The molecule has 2 saturated heterocycles. The van der Waals surface area contributed by atoms with E-state index in [-0.39, 0.29) is 50.5 Å². The summed E-state index contributed by atoms with van der Waals surface area (Å²) >= 11 is 0. The highest BCUT2D eigenvalue weighted by molar-refractivity contribution is 5.99. The topological polar surface area (TPSA) is 195 Å². The van der Waals surface area contributed by atoms with Gasteiger partial charge in [-0.2, -0.15) is 0 Å². The number of fused-ring (bicyclic) bond motifs is 4. The SMILES string of the molecule is C=CC(C)(C)n1cc(C[C@@H]2NC(=O)[C@H](Cc3ccccc3)NC(=O)[C@H](CC(C)C)N3CCC[C@@H](C3=O)N(C)C(=O)[C@H](C)NC(=O)[C@H](Cc3ccc4cnccc4c3)NC(=O)[C@H](CC(C)C)N(C)C2=O)c2ccccc21. The normalized spacial score (nSPS) is 23.3. The van der Waals surface area contributed by atoms with Crippen molar-refractivity contribution in [2.45, 2.75) is 141 Å². The predicted molar refractivity (Wildman–Crippen MR) is 291 cm³/mol. The minimum absolute atomic E-state index is 0.000732. The maximum atomic E-state index is 15.5. The molecule has 16 nitrogen and oxygen atoms in total. The second-order valence-electron chi connectivity index (χ2n) is 21.8. The molecule has 2 fully saturated rings. The van der Waals surface area contributed by atoms with Gasteiger partial charge in [0, 0.05) is 74.8 Å². The van der Waals surface area contributed by atoms with Gasteiger partial charge in [-0.1, -0.05) is 101 Å². The van der Waals surface area contributed by atoms with Crippen molar-refractivity contribution >= 4 is 63.0 Å². The third-order valence-corrected chi connectivity index (χ3v) is 14.8. The Kier molecular flexibility index (Phi) is 17.6. The molecule has 7 rings (SSSR count). The number of piperidine rings is 1. The molecule has 0 saturated carbocycles. The van der Waals surface area contributed by atoms with Crippen molar-refractivity contribution < 1.29 is 33.6 Å². The lowest BCUT2D eigenvalue weighted by atomic mass is 9.95. The smallest absolute Gasteiger partial charge is 0.246 e. The highest BCUT2D eigenvalue weighted by Gasteiger charge is 2.43. The van der Waals surface area contributed by atoms with Crippen LogP contribution in [0, 0.1) is 11.8 Å². The van der Waals surface area contributed by atoms with Gasteiger partial charge >= 0.3 is 0 Å². The third-order valence-electron chi connectivity index (χ3n) is 14.8. The van der Waals surface area contributed by atoms with Crippen LogP contribution in [0.2, 0.25) is 0 Å². The van der Waals surface area contributed by atoms with Crippen LogP contribution in [0.5, 0.6) is 0 Å². The van der Waals surface area contributed by atoms with Crippen LogP contribution in [0.3, 0.4) is 0 Å². The van der Waals surface area contributed by atoms with Gasteiger partial charge in [-0.25, -0.2) is 0 Å². The Labute approximate surface area is 441 Å². The van der Waals surface area contributed by atoms with E-state index in [1.807, 2.05) is 133 Å². The number of aromatic nitrogens is 2. The van der Waals surface area contributed by atoms with Crippen molar-refractivity contribution in [2.24, 2.45) is 11.8 Å². The molecular weight excluding hydrogens is 947 g/mol. The van der Waals surface area contributed by atoms with E-state index in [2.05, 4.69) is 37.4 Å². The molecule has 0 aliphatic carbocycles. The van der Waals surface area contributed by atoms with Crippen LogP contribution in [0.25, 0.3) is 21.7 Å². The zero-order valence-corrected chi connectivity index (χ0v) is 45.0. The Morgan fingerprint density at radius 2 is 1.28 bits per heavy atom. The summed E-state index contributed by atoms with van der Waals surface area (Å²) in [6.45, 7) is 17.7. The fraction of sp³-hybridized carbons (Fsp3) is 0.458. The minimum atomic E-state index is -1.27. The van der Waals surface area contributed by atoms with Crippen LogP contribution in [-0.2, 0) is 58.4 Å². The van der Waals surface area contributed by atoms with Crippen LogP contribution in [0.1, 0.15) is 90.8 Å². The summed E-state index contributed by atoms with van der Waals surface area (Å²) < 4.78 is 2.08. The lowest BCUT2D eigenvalue weighted by Gasteiger charge is -2.41. The molecular formula is C59H75N9O7. The maximum absolute atomic E-state index is 15.5. The molecule has 7 atom stereocenters. The van der Waals surface area contributed by atoms with E-state index in [0.717, 1.165) is 38.4 Å². The fourth-order valence-electron chi connectivity index (χ4n) is 10.5. The first-order valence-corrected chi connectivity index (χ1v) is 26.3. The van der Waals surface area contributed by atoms with Crippen LogP contribution >= 0.6 is 0 Å². The molecule has 0 unspecified atom stereocenters. The van der Waals surface area contributed by atoms with Gasteiger partial charge in [0.25, 0.3) is 0 Å². The molecule has 2 aliphatic rings. The summed E-state index contributed by atoms with van der Waals surface area (Å²) in [5.74, 6) is -4.15. The van der Waals surface area contributed by atoms with Crippen LogP contribution in [0.15, 0.2) is 110 Å².